The number of nitrogens with zero attached hydrogens (tertiary/aromatic N) is 3. The first kappa shape index (κ1) is 24.3. The molecule has 0 saturated carbocycles. The van der Waals surface area contributed by atoms with Gasteiger partial charge in [-0.3, -0.25) is 14.4 Å². The van der Waals surface area contributed by atoms with Crippen LogP contribution in [0.15, 0.2) is 34.6 Å². The molecule has 33 heavy (non-hydrogen) atoms. The molecule has 1 fully saturated rings. The maximum absolute atomic E-state index is 12.9. The van der Waals surface area contributed by atoms with E-state index < -0.39 is 11.5 Å². The zero-order chi connectivity index (χ0) is 24.3. The van der Waals surface area contributed by atoms with Gasteiger partial charge in [-0.1, -0.05) is 37.1 Å². The standard InChI is InChI=1S/C25H27ClN4O3/c1-15(2)25(33)30-7-5-17(6-8-30)10-18-11-20(26)9-16(3)23(18)28-24(32)19-12-21(14-27)29(4)22(31)13-19/h9-13,15H,5-8H2,1-4H3,(H,28,32). The number of aromatic nitrogens is 1. The second kappa shape index (κ2) is 10.1. The van der Waals surface area contributed by atoms with E-state index in [1.807, 2.05) is 37.8 Å². The fraction of sp³-hybridized carbons (Fsp3) is 0.360. The number of rotatable bonds is 4. The van der Waals surface area contributed by atoms with E-state index >= 15 is 0 Å². The van der Waals surface area contributed by atoms with Gasteiger partial charge in [-0.25, -0.2) is 0 Å². The summed E-state index contributed by atoms with van der Waals surface area (Å²) in [5.41, 5.74) is 3.08. The molecule has 172 valence electrons. The number of hydrogen-bond donors (Lipinski definition) is 1. The van der Waals surface area contributed by atoms with Crippen molar-refractivity contribution in [3.8, 4) is 6.07 Å². The van der Waals surface area contributed by atoms with Gasteiger partial charge in [0.05, 0.1) is 5.69 Å². The molecule has 2 aromatic rings. The number of nitrogens with one attached hydrogen (secondary N) is 1. The molecule has 3 rings (SSSR count). The molecular formula is C25H27ClN4O3. The van der Waals surface area contributed by atoms with E-state index in [-0.39, 0.29) is 23.1 Å². The van der Waals surface area contributed by atoms with E-state index in [1.54, 1.807) is 12.1 Å². The van der Waals surface area contributed by atoms with Crippen molar-refractivity contribution in [2.45, 2.75) is 33.6 Å². The van der Waals surface area contributed by atoms with Crippen molar-refractivity contribution in [1.82, 2.24) is 9.47 Å². The molecule has 1 aliphatic heterocycles. The van der Waals surface area contributed by atoms with Crippen molar-refractivity contribution < 1.29 is 9.59 Å². The normalized spacial score (nSPS) is 13.6. The first-order valence-corrected chi connectivity index (χ1v) is 11.2. The van der Waals surface area contributed by atoms with Gasteiger partial charge in [0.25, 0.3) is 11.5 Å². The molecule has 0 aliphatic carbocycles. The van der Waals surface area contributed by atoms with Crippen LogP contribution in [-0.2, 0) is 11.8 Å². The number of pyridine rings is 1. The lowest BCUT2D eigenvalue weighted by atomic mass is 9.98. The Hall–Kier alpha value is -3.37. The summed E-state index contributed by atoms with van der Waals surface area (Å²) < 4.78 is 1.19. The summed E-state index contributed by atoms with van der Waals surface area (Å²) in [5.74, 6) is -0.345. The lowest BCUT2D eigenvalue weighted by Crippen LogP contribution is -2.38. The lowest BCUT2D eigenvalue weighted by Gasteiger charge is -2.30. The molecule has 0 radical (unpaired) electrons. The van der Waals surface area contributed by atoms with E-state index in [4.69, 9.17) is 11.6 Å². The third kappa shape index (κ3) is 5.52. The number of piperidine rings is 1. The Bertz CT molecular complexity index is 1230. The molecule has 2 amide bonds. The van der Waals surface area contributed by atoms with Gasteiger partial charge in [0, 0.05) is 42.7 Å². The third-order valence-corrected chi connectivity index (χ3v) is 6.00. The summed E-state index contributed by atoms with van der Waals surface area (Å²) in [5, 5.41) is 12.7. The summed E-state index contributed by atoms with van der Waals surface area (Å²) in [6.45, 7) is 6.97. The van der Waals surface area contributed by atoms with Crippen LogP contribution in [-0.4, -0.2) is 34.4 Å². The molecule has 1 aromatic heterocycles. The van der Waals surface area contributed by atoms with Crippen LogP contribution >= 0.6 is 11.6 Å². The van der Waals surface area contributed by atoms with Crippen LogP contribution in [0, 0.1) is 24.2 Å². The molecule has 0 unspecified atom stereocenters. The minimum atomic E-state index is -0.480. The summed E-state index contributed by atoms with van der Waals surface area (Å²) in [7, 11) is 1.48. The monoisotopic (exact) mass is 466 g/mol. The number of benzene rings is 1. The molecule has 2 heterocycles. The fourth-order valence-corrected chi connectivity index (χ4v) is 4.14. The third-order valence-electron chi connectivity index (χ3n) is 5.78. The average molecular weight is 467 g/mol. The molecule has 0 bridgehead atoms. The summed E-state index contributed by atoms with van der Waals surface area (Å²) in [6.07, 6.45) is 3.51. The highest BCUT2D eigenvalue weighted by molar-refractivity contribution is 6.31. The van der Waals surface area contributed by atoms with Crippen molar-refractivity contribution in [2.75, 3.05) is 18.4 Å². The Labute approximate surface area is 198 Å². The Morgan fingerprint density at radius 2 is 1.85 bits per heavy atom. The van der Waals surface area contributed by atoms with E-state index in [1.165, 1.54) is 29.3 Å². The highest BCUT2D eigenvalue weighted by atomic mass is 35.5. The Balaban J connectivity index is 1.88. The van der Waals surface area contributed by atoms with Gasteiger partial charge in [0.15, 0.2) is 0 Å². The van der Waals surface area contributed by atoms with Crippen LogP contribution < -0.4 is 10.9 Å². The maximum Gasteiger partial charge on any atom is 0.255 e. The number of halogens is 1. The molecule has 8 heteroatoms. The van der Waals surface area contributed by atoms with Gasteiger partial charge >= 0.3 is 0 Å². The predicted octanol–water partition coefficient (Wildman–Crippen LogP) is 4.13. The Morgan fingerprint density at radius 3 is 2.45 bits per heavy atom. The zero-order valence-electron chi connectivity index (χ0n) is 19.2. The minimum absolute atomic E-state index is 0.0238. The predicted molar refractivity (Wildman–Crippen MR) is 129 cm³/mol. The van der Waals surface area contributed by atoms with E-state index in [0.717, 1.165) is 24.0 Å². The first-order valence-electron chi connectivity index (χ1n) is 10.8. The lowest BCUT2D eigenvalue weighted by molar-refractivity contribution is -0.134. The minimum Gasteiger partial charge on any atom is -0.342 e. The van der Waals surface area contributed by atoms with E-state index in [0.29, 0.717) is 23.8 Å². The molecule has 0 atom stereocenters. The zero-order valence-corrected chi connectivity index (χ0v) is 20.0. The van der Waals surface area contributed by atoms with Crippen LogP contribution in [0.3, 0.4) is 0 Å². The molecular weight excluding hydrogens is 440 g/mol. The fourth-order valence-electron chi connectivity index (χ4n) is 3.86. The van der Waals surface area contributed by atoms with Gasteiger partial charge in [-0.2, -0.15) is 5.26 Å². The van der Waals surface area contributed by atoms with Gasteiger partial charge in [0.2, 0.25) is 5.91 Å². The number of nitriles is 1. The summed E-state index contributed by atoms with van der Waals surface area (Å²) >= 11 is 6.30. The number of aryl methyl sites for hydroxylation is 1. The summed E-state index contributed by atoms with van der Waals surface area (Å²) in [6, 6.07) is 8.07. The highest BCUT2D eigenvalue weighted by Crippen LogP contribution is 2.30. The highest BCUT2D eigenvalue weighted by Gasteiger charge is 2.21. The largest absolute Gasteiger partial charge is 0.342 e. The maximum atomic E-state index is 12.9. The number of carbonyl (C=O) groups excluding carboxylic acids is 2. The number of hydrogen-bond acceptors (Lipinski definition) is 4. The number of anilines is 1. The number of likely N-dealkylation sites (tertiary alicyclic amines) is 1. The molecule has 1 aliphatic rings. The topological polar surface area (TPSA) is 95.2 Å². The second-order valence-electron chi connectivity index (χ2n) is 8.56. The number of carbonyl (C=O) groups is 2. The van der Waals surface area contributed by atoms with Crippen LogP contribution in [0.5, 0.6) is 0 Å². The molecule has 1 N–H and O–H groups in total. The van der Waals surface area contributed by atoms with Crippen molar-refractivity contribution in [1.29, 1.82) is 5.26 Å². The van der Waals surface area contributed by atoms with Crippen LogP contribution in [0.25, 0.3) is 6.08 Å². The average Bonchev–Trinajstić information content (AvgIpc) is 2.77. The van der Waals surface area contributed by atoms with Crippen molar-refractivity contribution >= 4 is 35.2 Å². The molecule has 1 saturated heterocycles. The second-order valence-corrected chi connectivity index (χ2v) is 9.00. The molecule has 0 spiro atoms. The van der Waals surface area contributed by atoms with Crippen LogP contribution in [0.2, 0.25) is 5.02 Å². The molecule has 7 nitrogen and oxygen atoms in total. The Kier molecular flexibility index (Phi) is 7.39. The van der Waals surface area contributed by atoms with Gasteiger partial charge in [0.1, 0.15) is 11.8 Å². The van der Waals surface area contributed by atoms with E-state index in [2.05, 4.69) is 5.32 Å². The summed E-state index contributed by atoms with van der Waals surface area (Å²) in [4.78, 5) is 39.2. The van der Waals surface area contributed by atoms with Crippen molar-refractivity contribution in [2.24, 2.45) is 13.0 Å². The van der Waals surface area contributed by atoms with Gasteiger partial charge in [-0.05, 0) is 49.1 Å². The Morgan fingerprint density at radius 1 is 1.18 bits per heavy atom. The van der Waals surface area contributed by atoms with Crippen LogP contribution in [0.4, 0.5) is 5.69 Å². The van der Waals surface area contributed by atoms with Crippen molar-refractivity contribution in [3.05, 3.63) is 67.6 Å². The van der Waals surface area contributed by atoms with Gasteiger partial charge in [-0.15, -0.1) is 0 Å². The smallest absolute Gasteiger partial charge is 0.255 e. The quantitative estimate of drug-likeness (QED) is 0.732. The number of amides is 2. The molecule has 1 aromatic carbocycles. The van der Waals surface area contributed by atoms with Crippen LogP contribution in [0.1, 0.15) is 53.9 Å². The first-order chi connectivity index (χ1) is 15.6. The van der Waals surface area contributed by atoms with E-state index in [9.17, 15) is 19.6 Å². The SMILES string of the molecule is Cc1cc(Cl)cc(C=C2CCN(C(=O)C(C)C)CC2)c1NC(=O)c1cc(C#N)n(C)c(=O)c1. The van der Waals surface area contributed by atoms with Gasteiger partial charge < -0.3 is 14.8 Å². The van der Waals surface area contributed by atoms with Crippen molar-refractivity contribution in [3.63, 3.8) is 0 Å².